The Morgan fingerprint density at radius 1 is 0.194 bits per heavy atom. The van der Waals surface area contributed by atoms with E-state index in [9.17, 15) is 57.5 Å². The minimum absolute atomic E-state index is 0.00359. The van der Waals surface area contributed by atoms with Gasteiger partial charge in [0, 0.05) is 202 Å². The number of hydrogen-bond donors (Lipinski definition) is 16. The summed E-state index contributed by atoms with van der Waals surface area (Å²) in [7, 11) is 0. The summed E-state index contributed by atoms with van der Waals surface area (Å²) in [5, 5.41) is 0. The second-order valence-electron chi connectivity index (χ2n) is 33.6. The van der Waals surface area contributed by atoms with Crippen molar-refractivity contribution in [3.05, 3.63) is 0 Å². The first-order chi connectivity index (χ1) is 58.9. The average molecular weight is 1750 g/mol. The van der Waals surface area contributed by atoms with Crippen molar-refractivity contribution in [2.24, 2.45) is 185 Å². The molecule has 0 saturated heterocycles. The second-order valence-corrected chi connectivity index (χ2v) is 33.6. The van der Waals surface area contributed by atoms with Gasteiger partial charge in [0.1, 0.15) is 69.4 Å². The first-order valence-electron chi connectivity index (χ1n) is 45.7. The molecule has 36 heteroatoms. The molecule has 0 heterocycles. The summed E-state index contributed by atoms with van der Waals surface area (Å²) in [4.78, 5) is 197. The van der Waals surface area contributed by atoms with E-state index in [4.69, 9.17) is 91.7 Å². The van der Waals surface area contributed by atoms with Gasteiger partial charge in [-0.3, -0.25) is 97.5 Å². The summed E-state index contributed by atoms with van der Waals surface area (Å²) in [6, 6.07) is 0. The molecule has 36 nitrogen and oxygen atoms in total. The van der Waals surface area contributed by atoms with Crippen LogP contribution in [0.4, 0.5) is 0 Å². The molecule has 8 atom stereocenters. The van der Waals surface area contributed by atoms with Gasteiger partial charge < -0.3 is 91.7 Å². The van der Waals surface area contributed by atoms with Crippen LogP contribution in [0.2, 0.25) is 0 Å². The van der Waals surface area contributed by atoms with Gasteiger partial charge in [-0.1, -0.05) is 72.1 Å². The quantitative estimate of drug-likeness (QED) is 0.0179. The maximum absolute atomic E-state index is 14.4. The minimum Gasteiger partial charge on any atom is -0.370 e. The molecule has 0 aromatic rings. The number of guanidine groups is 8. The van der Waals surface area contributed by atoms with E-state index in [1.165, 1.54) is 0 Å². The number of hydrogen-bond acceptors (Lipinski definition) is 20. The molecule has 0 aliphatic heterocycles. The Morgan fingerprint density at radius 3 is 0.540 bits per heavy atom. The van der Waals surface area contributed by atoms with Crippen LogP contribution in [0.5, 0.6) is 0 Å². The lowest BCUT2D eigenvalue weighted by atomic mass is 9.82. The number of unbranched alkanes of at least 4 members (excludes halogenated alkanes) is 12. The number of carbonyl (C=O) groups is 12. The normalized spacial score (nSPS) is 13.1. The van der Waals surface area contributed by atoms with E-state index in [1.807, 2.05) is 20.8 Å². The molecule has 0 radical (unpaired) electrons. The van der Waals surface area contributed by atoms with Crippen LogP contribution in [0.15, 0.2) is 39.9 Å². The molecule has 0 amide bonds. The van der Waals surface area contributed by atoms with Crippen molar-refractivity contribution >= 4 is 117 Å². The topological polar surface area (TPSA) is 720 Å². The van der Waals surface area contributed by atoms with E-state index in [2.05, 4.69) is 39.9 Å². The zero-order valence-corrected chi connectivity index (χ0v) is 75.5. The number of rotatable bonds is 84. The van der Waals surface area contributed by atoms with Gasteiger partial charge in [-0.05, 0) is 161 Å². The van der Waals surface area contributed by atoms with Crippen LogP contribution >= 0.6 is 0 Å². The molecule has 32 N–H and O–H groups in total. The summed E-state index contributed by atoms with van der Waals surface area (Å²) in [6.45, 7) is 7.94. The fourth-order valence-electron chi connectivity index (χ4n) is 15.5. The summed E-state index contributed by atoms with van der Waals surface area (Å²) >= 11 is 0. The van der Waals surface area contributed by atoms with Crippen molar-refractivity contribution in [2.75, 3.05) is 52.4 Å². The van der Waals surface area contributed by atoms with Crippen molar-refractivity contribution in [1.29, 1.82) is 0 Å². The smallest absolute Gasteiger partial charge is 0.185 e. The first kappa shape index (κ1) is 114. The average Bonchev–Trinajstić information content (AvgIpc) is 0.898. The fraction of sp³-hybridized carbons (Fsp3) is 0.773. The van der Waals surface area contributed by atoms with Gasteiger partial charge in [-0.15, -0.1) is 0 Å². The van der Waals surface area contributed by atoms with Crippen molar-refractivity contribution < 1.29 is 57.5 Å². The number of carbonyl (C=O) groups excluding carboxylic acids is 12. The molecule has 0 fully saturated rings. The van der Waals surface area contributed by atoms with Crippen LogP contribution in [0, 0.1) is 53.3 Å². The molecular formula is C88H162N24O12. The Bertz CT molecular complexity index is 3420. The van der Waals surface area contributed by atoms with Crippen LogP contribution in [0.25, 0.3) is 0 Å². The number of aliphatic imine (C=N–C) groups is 8. The third-order valence-electron chi connectivity index (χ3n) is 22.4. The van der Waals surface area contributed by atoms with E-state index in [1.54, 1.807) is 0 Å². The minimum atomic E-state index is -0.723. The highest BCUT2D eigenvalue weighted by Crippen LogP contribution is 2.30. The van der Waals surface area contributed by atoms with Crippen LogP contribution in [0.3, 0.4) is 0 Å². The fourth-order valence-corrected chi connectivity index (χ4v) is 15.5. The first-order valence-corrected chi connectivity index (χ1v) is 45.7. The molecule has 0 aromatic carbocycles. The van der Waals surface area contributed by atoms with Gasteiger partial charge in [0.05, 0.1) is 0 Å². The second kappa shape index (κ2) is 71.5. The van der Waals surface area contributed by atoms with Crippen molar-refractivity contribution in [1.82, 2.24) is 0 Å². The van der Waals surface area contributed by atoms with Crippen LogP contribution in [0.1, 0.15) is 329 Å². The van der Waals surface area contributed by atoms with Gasteiger partial charge in [-0.25, -0.2) is 0 Å². The zero-order chi connectivity index (χ0) is 93.0. The highest BCUT2D eigenvalue weighted by atomic mass is 16.2. The highest BCUT2D eigenvalue weighted by Gasteiger charge is 2.32. The largest absolute Gasteiger partial charge is 0.370 e. The molecule has 124 heavy (non-hydrogen) atoms. The third-order valence-corrected chi connectivity index (χ3v) is 22.4. The number of Topliss-reactive ketones (excluding diaryl/α,β-unsaturated/α-hetero) is 12. The summed E-state index contributed by atoms with van der Waals surface area (Å²) in [5.41, 5.74) is 89.0. The van der Waals surface area contributed by atoms with E-state index < -0.39 is 41.4 Å². The van der Waals surface area contributed by atoms with Gasteiger partial charge in [-0.2, -0.15) is 0 Å². The lowest BCUT2D eigenvalue weighted by Crippen LogP contribution is -2.26. The lowest BCUT2D eigenvalue weighted by Gasteiger charge is -2.20. The zero-order valence-electron chi connectivity index (χ0n) is 75.5. The van der Waals surface area contributed by atoms with E-state index >= 15 is 0 Å². The van der Waals surface area contributed by atoms with E-state index in [0.717, 1.165) is 25.7 Å². The Kier molecular flexibility index (Phi) is 65.8. The Labute approximate surface area is 737 Å². The number of nitrogens with two attached hydrogens (primary N) is 16. The molecule has 0 saturated carbocycles. The van der Waals surface area contributed by atoms with Crippen LogP contribution in [-0.2, 0) is 57.5 Å². The van der Waals surface area contributed by atoms with E-state index in [0.29, 0.717) is 212 Å². The SMILES string of the molecule is CCC(CCCN=C(N)N)C(=O)CCCCCCC(=O)CC(CCCN=C(N)N)C(=O)CC(CCCN=C(N)N)C(=O)CCCCCCC(=O)CC(CCCN=C(N)N)C(=O)CC(CCCN=C(N)N)C(=O)CCCCCCC(=O)CC(CCCN=C(N)N)C(=O)CC(CCCN=C(N)N)C(=O)CCCCCCC(=O)CC(CCCN=C(N)N)C(=O)C(C)C. The Balaban J connectivity index is 6.05. The van der Waals surface area contributed by atoms with Crippen molar-refractivity contribution in [3.8, 4) is 0 Å². The van der Waals surface area contributed by atoms with Gasteiger partial charge in [0.15, 0.2) is 47.7 Å². The van der Waals surface area contributed by atoms with Crippen LogP contribution < -0.4 is 91.7 Å². The maximum Gasteiger partial charge on any atom is 0.185 e. The molecule has 0 aromatic heterocycles. The Morgan fingerprint density at radius 2 is 0.355 bits per heavy atom. The van der Waals surface area contributed by atoms with Crippen molar-refractivity contribution in [3.63, 3.8) is 0 Å². The number of nitrogens with zero attached hydrogens (tertiary/aromatic N) is 8. The van der Waals surface area contributed by atoms with E-state index in [-0.39, 0.29) is 252 Å². The Hall–Kier alpha value is -9.80. The third kappa shape index (κ3) is 63.2. The monoisotopic (exact) mass is 1750 g/mol. The molecule has 0 aliphatic rings. The van der Waals surface area contributed by atoms with Gasteiger partial charge in [0.2, 0.25) is 0 Å². The summed E-state index contributed by atoms with van der Waals surface area (Å²) in [5.74, 6) is -6.38. The molecule has 0 bridgehead atoms. The molecular weight excluding hydrogens is 1590 g/mol. The predicted octanol–water partition coefficient (Wildman–Crippen LogP) is 6.33. The number of ketones is 12. The standard InChI is InChI=1S/C88H162N24O12/c1-4-61(29-21-45-105-81(89)90)73(117)41-17-9-5-13-37-69(113)53-62(30-22-46-106-82(91)92)77(121)57-65(33-25-49-109-85(97)98)74(118)42-18-10-6-14-38-70(114)54-63(31-23-47-107-83(93)94)78(122)58-66(34-26-50-110-86(99)100)75(119)43-19-11-7-15-39-71(115)55-64(32-24-48-108-84(95)96)79(123)59-67(35-27-51-111-87(101)102)76(120)44-20-12-8-16-40-72(116)56-68(80(124)60(2)3)36-28-52-112-88(103)104/h60-68H,4-59H2,1-3H3,(H4,89,90,105)(H4,91,92,106)(H4,93,94,107)(H4,95,96,108)(H4,97,98,109)(H4,99,100,110)(H4,101,102,111)(H4,103,104,112). The van der Waals surface area contributed by atoms with Crippen molar-refractivity contribution in [2.45, 2.75) is 329 Å². The maximum atomic E-state index is 14.4. The highest BCUT2D eigenvalue weighted by molar-refractivity contribution is 5.95. The van der Waals surface area contributed by atoms with Gasteiger partial charge >= 0.3 is 0 Å². The molecule has 0 aliphatic carbocycles. The summed E-state index contributed by atoms with van der Waals surface area (Å²) in [6.07, 6.45) is 19.3. The molecule has 0 spiro atoms. The lowest BCUT2D eigenvalue weighted by molar-refractivity contribution is -0.132. The molecule has 0 rings (SSSR count). The van der Waals surface area contributed by atoms with Gasteiger partial charge in [0.25, 0.3) is 0 Å². The van der Waals surface area contributed by atoms with Crippen LogP contribution in [-0.4, -0.2) is 169 Å². The summed E-state index contributed by atoms with van der Waals surface area (Å²) < 4.78 is 0. The molecule has 8 unspecified atom stereocenters. The molecule has 706 valence electrons. The predicted molar refractivity (Wildman–Crippen MR) is 496 cm³/mol.